The highest BCUT2D eigenvalue weighted by Gasteiger charge is 2.21. The molecule has 1 saturated heterocycles. The number of carbonyl (C=O) groups is 1. The van der Waals surface area contributed by atoms with Crippen LogP contribution in [0.4, 0.5) is 0 Å². The number of likely N-dealkylation sites (tertiary alicyclic amines) is 1. The first-order chi connectivity index (χ1) is 13.6. The molecule has 0 spiro atoms. The number of para-hydroxylation sites is 1. The van der Waals surface area contributed by atoms with E-state index in [1.54, 1.807) is 16.7 Å². The molecule has 2 aromatic carbocycles. The quantitative estimate of drug-likeness (QED) is 0.478. The van der Waals surface area contributed by atoms with Gasteiger partial charge in [0, 0.05) is 18.1 Å². The van der Waals surface area contributed by atoms with E-state index >= 15 is 0 Å². The number of aromatic nitrogens is 2. The topological polar surface area (TPSA) is 55.2 Å². The van der Waals surface area contributed by atoms with Gasteiger partial charge in [-0.15, -0.1) is 0 Å². The number of thioether (sulfide) groups is 1. The van der Waals surface area contributed by atoms with Crippen LogP contribution in [-0.4, -0.2) is 39.2 Å². The number of halogens is 1. The van der Waals surface area contributed by atoms with Gasteiger partial charge in [-0.1, -0.05) is 41.6 Å². The van der Waals surface area contributed by atoms with E-state index in [9.17, 15) is 9.59 Å². The summed E-state index contributed by atoms with van der Waals surface area (Å²) >= 11 is 7.59. The van der Waals surface area contributed by atoms with Crippen LogP contribution in [0.2, 0.25) is 5.02 Å². The van der Waals surface area contributed by atoms with E-state index in [0.717, 1.165) is 31.5 Å². The molecule has 7 heteroatoms. The Morgan fingerprint density at radius 2 is 1.89 bits per heavy atom. The van der Waals surface area contributed by atoms with Crippen LogP contribution in [0.15, 0.2) is 52.4 Å². The zero-order valence-electron chi connectivity index (χ0n) is 15.5. The molecule has 0 saturated carbocycles. The predicted octanol–water partition coefficient (Wildman–Crippen LogP) is 4.06. The van der Waals surface area contributed by atoms with Gasteiger partial charge < -0.3 is 4.90 Å². The van der Waals surface area contributed by atoms with E-state index < -0.39 is 0 Å². The fourth-order valence-corrected chi connectivity index (χ4v) is 4.52. The molecule has 0 atom stereocenters. The second-order valence-corrected chi connectivity index (χ2v) is 8.16. The molecular formula is C21H20ClN3O2S. The molecule has 0 aliphatic carbocycles. The van der Waals surface area contributed by atoms with Crippen LogP contribution in [0.3, 0.4) is 0 Å². The molecule has 0 bridgehead atoms. The van der Waals surface area contributed by atoms with E-state index in [-0.39, 0.29) is 17.2 Å². The average Bonchev–Trinajstić information content (AvgIpc) is 3.24. The number of hydrogen-bond acceptors (Lipinski definition) is 4. The van der Waals surface area contributed by atoms with Crippen LogP contribution in [0, 0.1) is 6.92 Å². The number of carbonyl (C=O) groups excluding carboxylic acids is 1. The molecule has 3 aromatic rings. The zero-order chi connectivity index (χ0) is 19.7. The van der Waals surface area contributed by atoms with Crippen LogP contribution in [0.25, 0.3) is 16.6 Å². The minimum atomic E-state index is -0.160. The summed E-state index contributed by atoms with van der Waals surface area (Å²) < 4.78 is 1.57. The zero-order valence-corrected chi connectivity index (χ0v) is 17.1. The molecule has 4 rings (SSSR count). The Bertz CT molecular complexity index is 1110. The van der Waals surface area contributed by atoms with E-state index in [1.807, 2.05) is 42.2 Å². The summed E-state index contributed by atoms with van der Waals surface area (Å²) in [5.74, 6) is 0.337. The first-order valence-corrected chi connectivity index (χ1v) is 10.6. The maximum Gasteiger partial charge on any atom is 0.266 e. The van der Waals surface area contributed by atoms with Crippen molar-refractivity contribution < 1.29 is 4.79 Å². The van der Waals surface area contributed by atoms with E-state index in [4.69, 9.17) is 16.6 Å². The van der Waals surface area contributed by atoms with Crippen molar-refractivity contribution in [2.75, 3.05) is 18.8 Å². The summed E-state index contributed by atoms with van der Waals surface area (Å²) in [5.41, 5.74) is 1.95. The van der Waals surface area contributed by atoms with Gasteiger partial charge in [0.15, 0.2) is 5.16 Å². The molecule has 28 heavy (non-hydrogen) atoms. The van der Waals surface area contributed by atoms with Gasteiger partial charge in [-0.3, -0.25) is 14.2 Å². The lowest BCUT2D eigenvalue weighted by atomic mass is 10.2. The summed E-state index contributed by atoms with van der Waals surface area (Å²) in [6.45, 7) is 3.50. The first kappa shape index (κ1) is 19.0. The SMILES string of the molecule is Cc1c(Cl)cccc1-n1c(SCC(=O)N2CCCC2)nc2ccccc2c1=O. The smallest absolute Gasteiger partial charge is 0.266 e. The Balaban J connectivity index is 1.80. The highest BCUT2D eigenvalue weighted by Crippen LogP contribution is 2.27. The van der Waals surface area contributed by atoms with Crippen LogP contribution in [0.5, 0.6) is 0 Å². The Labute approximate surface area is 172 Å². The summed E-state index contributed by atoms with van der Waals surface area (Å²) in [6, 6.07) is 12.7. The van der Waals surface area contributed by atoms with Crippen LogP contribution in [0.1, 0.15) is 18.4 Å². The van der Waals surface area contributed by atoms with Crippen molar-refractivity contribution in [2.45, 2.75) is 24.9 Å². The lowest BCUT2D eigenvalue weighted by Gasteiger charge is -2.17. The lowest BCUT2D eigenvalue weighted by Crippen LogP contribution is -2.30. The van der Waals surface area contributed by atoms with Crippen molar-refractivity contribution in [1.82, 2.24) is 14.5 Å². The van der Waals surface area contributed by atoms with Gasteiger partial charge in [-0.25, -0.2) is 4.98 Å². The lowest BCUT2D eigenvalue weighted by molar-refractivity contribution is -0.127. The van der Waals surface area contributed by atoms with E-state index in [2.05, 4.69) is 0 Å². The highest BCUT2D eigenvalue weighted by molar-refractivity contribution is 7.99. The molecule has 1 aromatic heterocycles. The molecule has 0 N–H and O–H groups in total. The fourth-order valence-electron chi connectivity index (χ4n) is 3.44. The molecule has 2 heterocycles. The second kappa shape index (κ2) is 7.97. The van der Waals surface area contributed by atoms with Crippen molar-refractivity contribution in [1.29, 1.82) is 0 Å². The van der Waals surface area contributed by atoms with Crippen LogP contribution < -0.4 is 5.56 Å². The second-order valence-electron chi connectivity index (χ2n) is 6.81. The predicted molar refractivity (Wildman–Crippen MR) is 114 cm³/mol. The molecular weight excluding hydrogens is 394 g/mol. The molecule has 0 unspecified atom stereocenters. The Morgan fingerprint density at radius 1 is 1.14 bits per heavy atom. The Hall–Kier alpha value is -2.31. The van der Waals surface area contributed by atoms with Crippen molar-refractivity contribution in [3.05, 3.63) is 63.4 Å². The van der Waals surface area contributed by atoms with Gasteiger partial charge in [0.1, 0.15) is 0 Å². The monoisotopic (exact) mass is 413 g/mol. The average molecular weight is 414 g/mol. The molecule has 1 aliphatic heterocycles. The van der Waals surface area contributed by atoms with Gasteiger partial charge in [-0.2, -0.15) is 0 Å². The maximum atomic E-state index is 13.3. The molecule has 144 valence electrons. The number of hydrogen-bond donors (Lipinski definition) is 0. The van der Waals surface area contributed by atoms with Crippen LogP contribution >= 0.6 is 23.4 Å². The summed E-state index contributed by atoms with van der Waals surface area (Å²) in [4.78, 5) is 32.4. The summed E-state index contributed by atoms with van der Waals surface area (Å²) in [5, 5.41) is 1.63. The molecule has 5 nitrogen and oxygen atoms in total. The van der Waals surface area contributed by atoms with E-state index in [0.29, 0.717) is 26.8 Å². The third-order valence-corrected chi connectivity index (χ3v) is 6.34. The van der Waals surface area contributed by atoms with Crippen molar-refractivity contribution in [3.63, 3.8) is 0 Å². The van der Waals surface area contributed by atoms with Gasteiger partial charge in [0.2, 0.25) is 5.91 Å². The fraction of sp³-hybridized carbons (Fsp3) is 0.286. The summed E-state index contributed by atoms with van der Waals surface area (Å²) in [6.07, 6.45) is 2.11. The molecule has 1 amide bonds. The summed E-state index contributed by atoms with van der Waals surface area (Å²) in [7, 11) is 0. The third kappa shape index (κ3) is 3.54. The number of nitrogens with zero attached hydrogens (tertiary/aromatic N) is 3. The molecule has 1 fully saturated rings. The van der Waals surface area contributed by atoms with Crippen molar-refractivity contribution >= 4 is 40.2 Å². The minimum Gasteiger partial charge on any atom is -0.342 e. The standard InChI is InChI=1S/C21H20ClN3O2S/c1-14-16(22)8-6-10-18(14)25-20(27)15-7-2-3-9-17(15)23-21(25)28-13-19(26)24-11-4-5-12-24/h2-3,6-10H,4-5,11-13H2,1H3. The van der Waals surface area contributed by atoms with Crippen molar-refractivity contribution in [3.8, 4) is 5.69 Å². The number of benzene rings is 2. The molecule has 1 aliphatic rings. The van der Waals surface area contributed by atoms with Gasteiger partial charge in [-0.05, 0) is 49.6 Å². The van der Waals surface area contributed by atoms with Crippen molar-refractivity contribution in [2.24, 2.45) is 0 Å². The highest BCUT2D eigenvalue weighted by atomic mass is 35.5. The van der Waals surface area contributed by atoms with Gasteiger partial charge in [0.25, 0.3) is 5.56 Å². The number of amides is 1. The minimum absolute atomic E-state index is 0.0827. The number of fused-ring (bicyclic) bond motifs is 1. The Kier molecular flexibility index (Phi) is 5.42. The van der Waals surface area contributed by atoms with Gasteiger partial charge >= 0.3 is 0 Å². The Morgan fingerprint density at radius 3 is 2.68 bits per heavy atom. The van der Waals surface area contributed by atoms with Gasteiger partial charge in [0.05, 0.1) is 22.3 Å². The third-order valence-electron chi connectivity index (χ3n) is 5.01. The first-order valence-electron chi connectivity index (χ1n) is 9.24. The largest absolute Gasteiger partial charge is 0.342 e. The molecule has 0 radical (unpaired) electrons. The van der Waals surface area contributed by atoms with E-state index in [1.165, 1.54) is 11.8 Å². The number of rotatable bonds is 4. The normalized spacial score (nSPS) is 14.0. The maximum absolute atomic E-state index is 13.3. The van der Waals surface area contributed by atoms with Crippen LogP contribution in [-0.2, 0) is 4.79 Å².